The van der Waals surface area contributed by atoms with Gasteiger partial charge in [0, 0.05) is 23.5 Å². The first kappa shape index (κ1) is 12.2. The van der Waals surface area contributed by atoms with Gasteiger partial charge in [0.25, 0.3) is 0 Å². The number of ether oxygens (including phenoxy) is 1. The summed E-state index contributed by atoms with van der Waals surface area (Å²) in [5, 5.41) is 0. The van der Waals surface area contributed by atoms with Gasteiger partial charge in [-0.15, -0.1) is 0 Å². The van der Waals surface area contributed by atoms with Crippen LogP contribution in [0.2, 0.25) is 0 Å². The van der Waals surface area contributed by atoms with Crippen molar-refractivity contribution in [1.82, 2.24) is 9.97 Å². The molecule has 18 heavy (non-hydrogen) atoms. The lowest BCUT2D eigenvalue weighted by molar-refractivity contribution is 0.103. The van der Waals surface area contributed by atoms with Gasteiger partial charge in [-0.05, 0) is 19.1 Å². The quantitative estimate of drug-likeness (QED) is 0.776. The molecule has 5 heteroatoms. The standard InChI is InChI=1S/C13H11FN2O2/c1-2-18-12-4-10(6-16-8-12)13(17)9-3-11(14)7-15-5-9/h3-8H,2H2,1H3. The minimum Gasteiger partial charge on any atom is -0.492 e. The molecule has 0 bridgehead atoms. The van der Waals surface area contributed by atoms with Gasteiger partial charge in [-0.3, -0.25) is 14.8 Å². The van der Waals surface area contributed by atoms with Gasteiger partial charge in [-0.1, -0.05) is 0 Å². The maximum atomic E-state index is 13.0. The van der Waals surface area contributed by atoms with Crippen molar-refractivity contribution < 1.29 is 13.9 Å². The van der Waals surface area contributed by atoms with Crippen LogP contribution in [0.4, 0.5) is 4.39 Å². The van der Waals surface area contributed by atoms with Crippen molar-refractivity contribution in [3.8, 4) is 5.75 Å². The molecule has 0 radical (unpaired) electrons. The van der Waals surface area contributed by atoms with Crippen LogP contribution in [-0.4, -0.2) is 22.4 Å². The molecule has 0 N–H and O–H groups in total. The van der Waals surface area contributed by atoms with Gasteiger partial charge >= 0.3 is 0 Å². The van der Waals surface area contributed by atoms with Crippen LogP contribution >= 0.6 is 0 Å². The Hall–Kier alpha value is -2.30. The Morgan fingerprint density at radius 1 is 1.17 bits per heavy atom. The molecule has 0 amide bonds. The number of hydrogen-bond acceptors (Lipinski definition) is 4. The van der Waals surface area contributed by atoms with E-state index in [1.54, 1.807) is 6.07 Å². The molecule has 92 valence electrons. The molecule has 2 heterocycles. The van der Waals surface area contributed by atoms with Gasteiger partial charge in [-0.25, -0.2) is 4.39 Å². The SMILES string of the molecule is CCOc1cncc(C(=O)c2cncc(F)c2)c1. The van der Waals surface area contributed by atoms with Crippen LogP contribution in [0.3, 0.4) is 0 Å². The average Bonchev–Trinajstić information content (AvgIpc) is 2.39. The van der Waals surface area contributed by atoms with Gasteiger partial charge in [0.05, 0.1) is 19.0 Å². The zero-order valence-corrected chi connectivity index (χ0v) is 9.76. The maximum absolute atomic E-state index is 13.0. The Bertz CT molecular complexity index is 572. The van der Waals surface area contributed by atoms with E-state index in [1.165, 1.54) is 18.6 Å². The Kier molecular flexibility index (Phi) is 3.62. The van der Waals surface area contributed by atoms with Crippen molar-refractivity contribution >= 4 is 5.78 Å². The van der Waals surface area contributed by atoms with Crippen molar-refractivity contribution in [2.75, 3.05) is 6.61 Å². The molecule has 0 aromatic carbocycles. The number of pyridine rings is 2. The van der Waals surface area contributed by atoms with E-state index in [4.69, 9.17) is 4.74 Å². The molecule has 0 saturated heterocycles. The van der Waals surface area contributed by atoms with Crippen molar-refractivity contribution in [3.05, 3.63) is 53.9 Å². The van der Waals surface area contributed by atoms with Crippen LogP contribution < -0.4 is 4.74 Å². The molecular weight excluding hydrogens is 235 g/mol. The summed E-state index contributed by atoms with van der Waals surface area (Å²) in [5.74, 6) is -0.376. The molecule has 0 aliphatic carbocycles. The number of nitrogens with zero attached hydrogens (tertiary/aromatic N) is 2. The first-order chi connectivity index (χ1) is 8.70. The average molecular weight is 246 g/mol. The fraction of sp³-hybridized carbons (Fsp3) is 0.154. The third-order valence-electron chi connectivity index (χ3n) is 2.25. The molecule has 0 aliphatic rings. The zero-order valence-electron chi connectivity index (χ0n) is 9.76. The van der Waals surface area contributed by atoms with E-state index in [-0.39, 0.29) is 11.3 Å². The first-order valence-electron chi connectivity index (χ1n) is 5.44. The molecule has 0 fully saturated rings. The van der Waals surface area contributed by atoms with Crippen LogP contribution in [0, 0.1) is 5.82 Å². The van der Waals surface area contributed by atoms with Gasteiger partial charge < -0.3 is 4.74 Å². The number of carbonyl (C=O) groups is 1. The molecule has 0 aliphatic heterocycles. The molecule has 0 unspecified atom stereocenters. The van der Waals surface area contributed by atoms with Crippen molar-refractivity contribution in [3.63, 3.8) is 0 Å². The molecule has 0 atom stereocenters. The Balaban J connectivity index is 2.31. The smallest absolute Gasteiger partial charge is 0.196 e. The third kappa shape index (κ3) is 2.68. The molecule has 2 rings (SSSR count). The first-order valence-corrected chi connectivity index (χ1v) is 5.44. The van der Waals surface area contributed by atoms with Crippen LogP contribution in [0.25, 0.3) is 0 Å². The lowest BCUT2D eigenvalue weighted by Gasteiger charge is -2.04. The third-order valence-corrected chi connectivity index (χ3v) is 2.25. The van der Waals surface area contributed by atoms with Gasteiger partial charge in [0.1, 0.15) is 11.6 Å². The zero-order chi connectivity index (χ0) is 13.0. The van der Waals surface area contributed by atoms with Crippen LogP contribution in [0.1, 0.15) is 22.8 Å². The van der Waals surface area contributed by atoms with Crippen molar-refractivity contribution in [2.45, 2.75) is 6.92 Å². The van der Waals surface area contributed by atoms with E-state index in [9.17, 15) is 9.18 Å². The van der Waals surface area contributed by atoms with E-state index in [0.29, 0.717) is 17.9 Å². The lowest BCUT2D eigenvalue weighted by Crippen LogP contribution is -2.04. The highest BCUT2D eigenvalue weighted by Gasteiger charge is 2.11. The summed E-state index contributed by atoms with van der Waals surface area (Å²) in [6, 6.07) is 2.71. The molecule has 0 spiro atoms. The molecule has 4 nitrogen and oxygen atoms in total. The second-order valence-electron chi connectivity index (χ2n) is 3.56. The second-order valence-corrected chi connectivity index (χ2v) is 3.56. The highest BCUT2D eigenvalue weighted by atomic mass is 19.1. The topological polar surface area (TPSA) is 52.1 Å². The van der Waals surface area contributed by atoms with E-state index in [2.05, 4.69) is 9.97 Å². The number of halogens is 1. The van der Waals surface area contributed by atoms with E-state index >= 15 is 0 Å². The highest BCUT2D eigenvalue weighted by molar-refractivity contribution is 6.08. The van der Waals surface area contributed by atoms with Gasteiger partial charge in [0.2, 0.25) is 0 Å². The number of hydrogen-bond donors (Lipinski definition) is 0. The number of aromatic nitrogens is 2. The second kappa shape index (κ2) is 5.35. The largest absolute Gasteiger partial charge is 0.492 e. The maximum Gasteiger partial charge on any atom is 0.196 e. The monoisotopic (exact) mass is 246 g/mol. The summed E-state index contributed by atoms with van der Waals surface area (Å²) in [4.78, 5) is 19.6. The highest BCUT2D eigenvalue weighted by Crippen LogP contribution is 2.15. The van der Waals surface area contributed by atoms with Gasteiger partial charge in [0.15, 0.2) is 5.78 Å². The Morgan fingerprint density at radius 2 is 1.83 bits per heavy atom. The minimum absolute atomic E-state index is 0.186. The number of rotatable bonds is 4. The van der Waals surface area contributed by atoms with Crippen LogP contribution in [0.5, 0.6) is 5.75 Å². The summed E-state index contributed by atoms with van der Waals surface area (Å²) in [6.07, 6.45) is 5.30. The lowest BCUT2D eigenvalue weighted by atomic mass is 10.1. The van der Waals surface area contributed by atoms with E-state index < -0.39 is 5.82 Å². The minimum atomic E-state index is -0.547. The number of carbonyl (C=O) groups excluding carboxylic acids is 1. The van der Waals surface area contributed by atoms with E-state index in [1.807, 2.05) is 6.92 Å². The molecule has 2 aromatic heterocycles. The van der Waals surface area contributed by atoms with E-state index in [0.717, 1.165) is 12.3 Å². The molecule has 2 aromatic rings. The predicted molar refractivity (Wildman–Crippen MR) is 63.0 cm³/mol. The molecule has 0 saturated carbocycles. The summed E-state index contributed by atoms with van der Waals surface area (Å²) in [6.45, 7) is 2.33. The van der Waals surface area contributed by atoms with Crippen molar-refractivity contribution in [1.29, 1.82) is 0 Å². The Morgan fingerprint density at radius 3 is 2.50 bits per heavy atom. The molecular formula is C13H11FN2O2. The van der Waals surface area contributed by atoms with Crippen molar-refractivity contribution in [2.24, 2.45) is 0 Å². The Labute approximate surface area is 103 Å². The predicted octanol–water partition coefficient (Wildman–Crippen LogP) is 2.25. The number of ketones is 1. The van der Waals surface area contributed by atoms with Crippen LogP contribution in [0.15, 0.2) is 36.9 Å². The summed E-state index contributed by atoms with van der Waals surface area (Å²) >= 11 is 0. The fourth-order valence-corrected chi connectivity index (χ4v) is 1.49. The fourth-order valence-electron chi connectivity index (χ4n) is 1.49. The van der Waals surface area contributed by atoms with Crippen LogP contribution in [-0.2, 0) is 0 Å². The normalized spacial score (nSPS) is 10.1. The summed E-state index contributed by atoms with van der Waals surface area (Å²) in [7, 11) is 0. The summed E-state index contributed by atoms with van der Waals surface area (Å²) in [5.41, 5.74) is 0.527. The summed E-state index contributed by atoms with van der Waals surface area (Å²) < 4.78 is 18.2. The van der Waals surface area contributed by atoms with Gasteiger partial charge in [-0.2, -0.15) is 0 Å².